The first-order chi connectivity index (χ1) is 17.1. The molecule has 0 saturated carbocycles. The first kappa shape index (κ1) is 28.6. The number of likely N-dealkylation sites (tertiary alicyclic amines) is 1. The molecule has 0 radical (unpaired) electrons. The van der Waals surface area contributed by atoms with Gasteiger partial charge in [-0.3, -0.25) is 4.79 Å². The number of hydrogen-bond acceptors (Lipinski definition) is 5. The maximum absolute atomic E-state index is 15.3. The summed E-state index contributed by atoms with van der Waals surface area (Å²) in [4.78, 5) is 26.1. The Morgan fingerprint density at radius 3 is 2.49 bits per heavy atom. The summed E-state index contributed by atoms with van der Waals surface area (Å²) in [5, 5.41) is 2.47. The predicted octanol–water partition coefficient (Wildman–Crippen LogP) is 4.18. The Morgan fingerprint density at radius 1 is 1.22 bits per heavy atom. The zero-order valence-corrected chi connectivity index (χ0v) is 22.7. The molecule has 204 valence electrons. The van der Waals surface area contributed by atoms with Gasteiger partial charge in [0.25, 0.3) is 5.91 Å². The number of carbonyl (C=O) groups is 2. The highest BCUT2D eigenvalue weighted by Crippen LogP contribution is 2.26. The number of sulfonamides is 1. The van der Waals surface area contributed by atoms with Gasteiger partial charge in [0.05, 0.1) is 0 Å². The molecule has 2 unspecified atom stereocenters. The van der Waals surface area contributed by atoms with Crippen molar-refractivity contribution in [2.75, 3.05) is 18.4 Å². The molecule has 9 nitrogen and oxygen atoms in total. The van der Waals surface area contributed by atoms with Crippen molar-refractivity contribution in [3.05, 3.63) is 47.3 Å². The molecule has 2 aromatic rings. The predicted molar refractivity (Wildman–Crippen MR) is 135 cm³/mol. The van der Waals surface area contributed by atoms with E-state index in [9.17, 15) is 22.4 Å². The Bertz CT molecular complexity index is 1290. The van der Waals surface area contributed by atoms with Gasteiger partial charge in [-0.25, -0.2) is 26.7 Å². The summed E-state index contributed by atoms with van der Waals surface area (Å²) in [7, 11) is -2.97. The molecule has 1 aromatic heterocycles. The van der Waals surface area contributed by atoms with Crippen molar-refractivity contribution in [1.29, 1.82) is 0 Å². The maximum Gasteiger partial charge on any atom is 0.410 e. The van der Waals surface area contributed by atoms with Gasteiger partial charge in [0.2, 0.25) is 10.0 Å². The lowest BCUT2D eigenvalue weighted by atomic mass is 9.91. The lowest BCUT2D eigenvalue weighted by Crippen LogP contribution is -2.53. The molecular weight excluding hydrogens is 506 g/mol. The number of nitrogens with one attached hydrogen (secondary N) is 2. The summed E-state index contributed by atoms with van der Waals surface area (Å²) in [6.07, 6.45) is 1.48. The minimum Gasteiger partial charge on any atom is -0.444 e. The average Bonchev–Trinajstić information content (AvgIpc) is 3.10. The van der Waals surface area contributed by atoms with E-state index in [-0.39, 0.29) is 18.2 Å². The number of benzene rings is 1. The molecule has 2 heterocycles. The van der Waals surface area contributed by atoms with E-state index >= 15 is 4.39 Å². The lowest BCUT2D eigenvalue weighted by Gasteiger charge is -2.38. The van der Waals surface area contributed by atoms with E-state index in [2.05, 4.69) is 10.0 Å². The van der Waals surface area contributed by atoms with Crippen LogP contribution < -0.4 is 10.0 Å². The Kier molecular flexibility index (Phi) is 8.33. The van der Waals surface area contributed by atoms with Gasteiger partial charge in [0, 0.05) is 38.1 Å². The van der Waals surface area contributed by atoms with Crippen LogP contribution in [0.25, 0.3) is 0 Å². The van der Waals surface area contributed by atoms with E-state index in [4.69, 9.17) is 4.74 Å². The third kappa shape index (κ3) is 6.67. The summed E-state index contributed by atoms with van der Waals surface area (Å²) in [6, 6.07) is 3.36. The second-order valence-electron chi connectivity index (χ2n) is 10.3. The van der Waals surface area contributed by atoms with Gasteiger partial charge < -0.3 is 19.5 Å². The molecular formula is C25H34F2N4O5S. The molecule has 0 spiro atoms. The van der Waals surface area contributed by atoms with E-state index in [1.54, 1.807) is 25.7 Å². The normalized spacial score (nSPS) is 18.5. The minimum absolute atomic E-state index is 0.215. The van der Waals surface area contributed by atoms with E-state index in [0.717, 1.165) is 10.8 Å². The van der Waals surface area contributed by atoms with Crippen LogP contribution in [0.4, 0.5) is 19.3 Å². The van der Waals surface area contributed by atoms with Crippen molar-refractivity contribution in [3.8, 4) is 0 Å². The number of aromatic nitrogens is 1. The molecule has 2 amide bonds. The molecule has 1 fully saturated rings. The van der Waals surface area contributed by atoms with Gasteiger partial charge in [0.1, 0.15) is 22.0 Å². The van der Waals surface area contributed by atoms with Gasteiger partial charge >= 0.3 is 6.09 Å². The standard InChI is InChI=1S/C25H34F2N4O5S/c1-7-16-13-31(24(33)36-25(3,4)5)11-10-19(16)29-37(34,35)20-14-30(6)22(21(20)27)23(32)28-17-8-9-18(26)15(2)12-17/h8-9,12,14,16,19,29H,7,10-11,13H2,1-6H3,(H,28,32). The van der Waals surface area contributed by atoms with Crippen LogP contribution in [0, 0.1) is 24.5 Å². The van der Waals surface area contributed by atoms with Gasteiger partial charge in [-0.15, -0.1) is 0 Å². The second kappa shape index (κ2) is 10.8. The minimum atomic E-state index is -4.33. The van der Waals surface area contributed by atoms with E-state index in [0.29, 0.717) is 24.9 Å². The van der Waals surface area contributed by atoms with Crippen molar-refractivity contribution in [3.63, 3.8) is 0 Å². The topological polar surface area (TPSA) is 110 Å². The van der Waals surface area contributed by atoms with E-state index in [1.165, 1.54) is 32.2 Å². The maximum atomic E-state index is 15.3. The van der Waals surface area contributed by atoms with Crippen LogP contribution in [0.15, 0.2) is 29.3 Å². The zero-order chi connectivity index (χ0) is 27.7. The number of amides is 2. The van der Waals surface area contributed by atoms with E-state index < -0.39 is 55.9 Å². The molecule has 2 atom stereocenters. The first-order valence-corrected chi connectivity index (χ1v) is 13.5. The van der Waals surface area contributed by atoms with Crippen molar-refractivity contribution >= 4 is 27.7 Å². The van der Waals surface area contributed by atoms with E-state index in [1.807, 2.05) is 6.92 Å². The second-order valence-corrected chi connectivity index (χ2v) is 12.0. The highest BCUT2D eigenvalue weighted by Gasteiger charge is 2.37. The van der Waals surface area contributed by atoms with Crippen LogP contribution in [0.5, 0.6) is 0 Å². The molecule has 1 aliphatic heterocycles. The SMILES string of the molecule is CCC1CN(C(=O)OC(C)(C)C)CCC1NS(=O)(=O)c1cn(C)c(C(=O)Nc2ccc(F)c(C)c2)c1F. The smallest absolute Gasteiger partial charge is 0.410 e. The summed E-state index contributed by atoms with van der Waals surface area (Å²) in [5.41, 5.74) is -0.591. The van der Waals surface area contributed by atoms with Crippen molar-refractivity contribution < 1.29 is 31.5 Å². The lowest BCUT2D eigenvalue weighted by molar-refractivity contribution is 0.0140. The summed E-state index contributed by atoms with van der Waals surface area (Å²) in [6.45, 7) is 9.28. The Morgan fingerprint density at radius 2 is 1.89 bits per heavy atom. The number of hydrogen-bond donors (Lipinski definition) is 2. The Hall–Kier alpha value is -2.99. The molecule has 1 aliphatic rings. The van der Waals surface area contributed by atoms with Gasteiger partial charge in [0.15, 0.2) is 5.82 Å². The van der Waals surface area contributed by atoms with Crippen LogP contribution >= 0.6 is 0 Å². The Labute approximate surface area is 216 Å². The molecule has 3 rings (SSSR count). The van der Waals surface area contributed by atoms with Gasteiger partial charge in [-0.1, -0.05) is 13.3 Å². The van der Waals surface area contributed by atoms with Crippen LogP contribution in [0.1, 0.15) is 56.6 Å². The monoisotopic (exact) mass is 540 g/mol. The van der Waals surface area contributed by atoms with Crippen molar-refractivity contribution in [2.45, 2.75) is 64.0 Å². The fourth-order valence-corrected chi connectivity index (χ4v) is 5.75. The highest BCUT2D eigenvalue weighted by molar-refractivity contribution is 7.89. The fourth-order valence-electron chi connectivity index (χ4n) is 4.28. The molecule has 0 aliphatic carbocycles. The number of aryl methyl sites for hydroxylation is 2. The number of rotatable bonds is 6. The average molecular weight is 541 g/mol. The molecule has 1 aromatic carbocycles. The number of anilines is 1. The zero-order valence-electron chi connectivity index (χ0n) is 21.9. The number of piperidine rings is 1. The first-order valence-electron chi connectivity index (χ1n) is 12.1. The van der Waals surface area contributed by atoms with Crippen molar-refractivity contribution in [2.24, 2.45) is 13.0 Å². The number of halogens is 2. The number of carbonyl (C=O) groups excluding carboxylic acids is 2. The molecule has 1 saturated heterocycles. The summed E-state index contributed by atoms with van der Waals surface area (Å²) in [5.74, 6) is -2.73. The third-order valence-electron chi connectivity index (χ3n) is 6.22. The molecule has 2 N–H and O–H groups in total. The molecule has 12 heteroatoms. The van der Waals surface area contributed by atoms with Crippen LogP contribution in [-0.2, 0) is 21.8 Å². The summed E-state index contributed by atoms with van der Waals surface area (Å²) < 4.78 is 64.3. The summed E-state index contributed by atoms with van der Waals surface area (Å²) >= 11 is 0. The largest absolute Gasteiger partial charge is 0.444 e. The quantitative estimate of drug-likeness (QED) is 0.571. The van der Waals surface area contributed by atoms with Crippen LogP contribution in [-0.4, -0.2) is 54.6 Å². The third-order valence-corrected chi connectivity index (χ3v) is 7.70. The molecule has 37 heavy (non-hydrogen) atoms. The fraction of sp³-hybridized carbons (Fsp3) is 0.520. The molecule has 0 bridgehead atoms. The van der Waals surface area contributed by atoms with Crippen molar-refractivity contribution in [1.82, 2.24) is 14.2 Å². The number of ether oxygens (including phenoxy) is 1. The number of nitrogens with zero attached hydrogens (tertiary/aromatic N) is 2. The van der Waals surface area contributed by atoms with Crippen LogP contribution in [0.3, 0.4) is 0 Å². The van der Waals surface area contributed by atoms with Gasteiger partial charge in [-0.2, -0.15) is 0 Å². The van der Waals surface area contributed by atoms with Crippen LogP contribution in [0.2, 0.25) is 0 Å². The highest BCUT2D eigenvalue weighted by atomic mass is 32.2. The Balaban J connectivity index is 1.76. The van der Waals surface area contributed by atoms with Gasteiger partial charge in [-0.05, 0) is 63.8 Å².